The number of hydrogen-bond acceptors (Lipinski definition) is 2. The average molecular weight is 353 g/mol. The van der Waals surface area contributed by atoms with Crippen molar-refractivity contribution < 1.29 is 9.59 Å². The summed E-state index contributed by atoms with van der Waals surface area (Å²) in [5.41, 5.74) is 2.56. The maximum Gasteiger partial charge on any atom is 0.319 e. The predicted molar refractivity (Wildman–Crippen MR) is 106 cm³/mol. The van der Waals surface area contributed by atoms with Gasteiger partial charge in [0.05, 0.1) is 0 Å². The number of para-hydroxylation sites is 1. The molecule has 0 aliphatic carbocycles. The van der Waals surface area contributed by atoms with Crippen LogP contribution in [0.4, 0.5) is 16.2 Å². The van der Waals surface area contributed by atoms with Crippen LogP contribution in [0.25, 0.3) is 0 Å². The van der Waals surface area contributed by atoms with Gasteiger partial charge < -0.3 is 16.0 Å². The predicted octanol–water partition coefficient (Wildman–Crippen LogP) is 4.59. The van der Waals surface area contributed by atoms with Gasteiger partial charge in [0.2, 0.25) is 5.91 Å². The van der Waals surface area contributed by atoms with Crippen molar-refractivity contribution in [1.82, 2.24) is 5.32 Å². The van der Waals surface area contributed by atoms with Crippen molar-refractivity contribution in [1.29, 1.82) is 0 Å². The van der Waals surface area contributed by atoms with Gasteiger partial charge in [0.1, 0.15) is 6.04 Å². The van der Waals surface area contributed by atoms with Crippen molar-refractivity contribution in [3.8, 4) is 0 Å². The molecular formula is C21H27N3O2. The molecule has 0 spiro atoms. The van der Waals surface area contributed by atoms with Crippen LogP contribution in [-0.2, 0) is 4.79 Å². The summed E-state index contributed by atoms with van der Waals surface area (Å²) < 4.78 is 0. The zero-order valence-corrected chi connectivity index (χ0v) is 15.7. The number of urea groups is 1. The van der Waals surface area contributed by atoms with E-state index in [4.69, 9.17) is 0 Å². The molecule has 0 bridgehead atoms. The molecule has 0 fully saturated rings. The molecule has 0 saturated carbocycles. The highest BCUT2D eigenvalue weighted by atomic mass is 16.2. The number of hydrogen-bond donors (Lipinski definition) is 3. The first-order valence-corrected chi connectivity index (χ1v) is 8.90. The minimum Gasteiger partial charge on any atom is -0.326 e. The van der Waals surface area contributed by atoms with Gasteiger partial charge in [0, 0.05) is 11.4 Å². The summed E-state index contributed by atoms with van der Waals surface area (Å²) in [5, 5.41) is 8.41. The SMILES string of the molecule is CC(C)c1cccc(NC(=O)C(NC(=O)Nc2ccccc2)C(C)C)c1. The van der Waals surface area contributed by atoms with E-state index in [1.54, 1.807) is 12.1 Å². The summed E-state index contributed by atoms with van der Waals surface area (Å²) in [7, 11) is 0. The van der Waals surface area contributed by atoms with E-state index in [9.17, 15) is 9.59 Å². The van der Waals surface area contributed by atoms with Crippen LogP contribution in [0.5, 0.6) is 0 Å². The lowest BCUT2D eigenvalue weighted by atomic mass is 10.0. The van der Waals surface area contributed by atoms with Crippen molar-refractivity contribution >= 4 is 23.3 Å². The van der Waals surface area contributed by atoms with Crippen LogP contribution in [0.3, 0.4) is 0 Å². The molecule has 138 valence electrons. The largest absolute Gasteiger partial charge is 0.326 e. The lowest BCUT2D eigenvalue weighted by Crippen LogP contribution is -2.48. The fourth-order valence-electron chi connectivity index (χ4n) is 2.56. The molecule has 5 nitrogen and oxygen atoms in total. The summed E-state index contributed by atoms with van der Waals surface area (Å²) in [6.45, 7) is 8.01. The second-order valence-corrected chi connectivity index (χ2v) is 6.96. The molecule has 0 heterocycles. The van der Waals surface area contributed by atoms with Crippen molar-refractivity contribution in [3.05, 3.63) is 60.2 Å². The van der Waals surface area contributed by atoms with Gasteiger partial charge in [-0.3, -0.25) is 4.79 Å². The molecule has 2 aromatic carbocycles. The Morgan fingerprint density at radius 2 is 1.46 bits per heavy atom. The highest BCUT2D eigenvalue weighted by Crippen LogP contribution is 2.19. The smallest absolute Gasteiger partial charge is 0.319 e. The molecule has 1 atom stereocenters. The Morgan fingerprint density at radius 3 is 2.08 bits per heavy atom. The summed E-state index contributed by atoms with van der Waals surface area (Å²) >= 11 is 0. The average Bonchev–Trinajstić information content (AvgIpc) is 2.60. The quantitative estimate of drug-likeness (QED) is 0.710. The van der Waals surface area contributed by atoms with Crippen LogP contribution in [0.15, 0.2) is 54.6 Å². The van der Waals surface area contributed by atoms with E-state index in [-0.39, 0.29) is 11.8 Å². The minimum absolute atomic E-state index is 0.0511. The van der Waals surface area contributed by atoms with Gasteiger partial charge in [0.15, 0.2) is 0 Å². The number of carbonyl (C=O) groups is 2. The summed E-state index contributed by atoms with van der Waals surface area (Å²) in [6.07, 6.45) is 0. The van der Waals surface area contributed by atoms with Gasteiger partial charge in [0.25, 0.3) is 0 Å². The number of rotatable bonds is 6. The fourth-order valence-corrected chi connectivity index (χ4v) is 2.56. The molecule has 5 heteroatoms. The number of benzene rings is 2. The molecule has 3 N–H and O–H groups in total. The third-order valence-electron chi connectivity index (χ3n) is 4.09. The normalized spacial score (nSPS) is 11.9. The first kappa shape index (κ1) is 19.5. The maximum absolute atomic E-state index is 12.7. The van der Waals surface area contributed by atoms with Crippen LogP contribution >= 0.6 is 0 Å². The Labute approximate surface area is 155 Å². The van der Waals surface area contributed by atoms with Crippen molar-refractivity contribution in [2.45, 2.75) is 39.7 Å². The maximum atomic E-state index is 12.7. The second-order valence-electron chi connectivity index (χ2n) is 6.96. The number of amides is 3. The van der Waals surface area contributed by atoms with Gasteiger partial charge >= 0.3 is 6.03 Å². The topological polar surface area (TPSA) is 70.2 Å². The highest BCUT2D eigenvalue weighted by molar-refractivity contribution is 5.99. The molecule has 0 aliphatic rings. The van der Waals surface area contributed by atoms with E-state index in [1.807, 2.05) is 56.3 Å². The molecule has 2 aromatic rings. The summed E-state index contributed by atoms with van der Waals surface area (Å²) in [4.78, 5) is 24.9. The lowest BCUT2D eigenvalue weighted by Gasteiger charge is -2.22. The monoisotopic (exact) mass is 353 g/mol. The Bertz CT molecular complexity index is 742. The molecule has 2 rings (SSSR count). The van der Waals surface area contributed by atoms with Gasteiger partial charge in [-0.15, -0.1) is 0 Å². The zero-order valence-electron chi connectivity index (χ0n) is 15.7. The van der Waals surface area contributed by atoms with Crippen molar-refractivity contribution in [2.24, 2.45) is 5.92 Å². The van der Waals surface area contributed by atoms with E-state index in [0.29, 0.717) is 11.6 Å². The second kappa shape index (κ2) is 9.04. The molecule has 0 aromatic heterocycles. The van der Waals surface area contributed by atoms with Crippen LogP contribution in [-0.4, -0.2) is 18.0 Å². The molecule has 0 aliphatic heterocycles. The van der Waals surface area contributed by atoms with E-state index in [2.05, 4.69) is 29.8 Å². The Morgan fingerprint density at radius 1 is 0.808 bits per heavy atom. The Kier molecular flexibility index (Phi) is 6.78. The highest BCUT2D eigenvalue weighted by Gasteiger charge is 2.24. The first-order valence-electron chi connectivity index (χ1n) is 8.90. The first-order chi connectivity index (χ1) is 12.4. The van der Waals surface area contributed by atoms with Crippen molar-refractivity contribution in [3.63, 3.8) is 0 Å². The number of nitrogens with one attached hydrogen (secondary N) is 3. The van der Waals surface area contributed by atoms with Crippen LogP contribution in [0.2, 0.25) is 0 Å². The lowest BCUT2D eigenvalue weighted by molar-refractivity contribution is -0.118. The fraction of sp³-hybridized carbons (Fsp3) is 0.333. The summed E-state index contributed by atoms with van der Waals surface area (Å²) in [6, 6.07) is 15.9. The Hall–Kier alpha value is -2.82. The van der Waals surface area contributed by atoms with E-state index in [1.165, 1.54) is 0 Å². The number of anilines is 2. The zero-order chi connectivity index (χ0) is 19.1. The molecule has 0 saturated heterocycles. The molecule has 26 heavy (non-hydrogen) atoms. The van der Waals surface area contributed by atoms with Gasteiger partial charge in [-0.1, -0.05) is 58.0 Å². The van der Waals surface area contributed by atoms with E-state index < -0.39 is 12.1 Å². The van der Waals surface area contributed by atoms with Gasteiger partial charge in [-0.25, -0.2) is 4.79 Å². The van der Waals surface area contributed by atoms with Gasteiger partial charge in [-0.05, 0) is 41.7 Å². The summed E-state index contributed by atoms with van der Waals surface area (Å²) in [5.74, 6) is 0.0939. The number of carbonyl (C=O) groups excluding carboxylic acids is 2. The van der Waals surface area contributed by atoms with Crippen LogP contribution < -0.4 is 16.0 Å². The third-order valence-corrected chi connectivity index (χ3v) is 4.09. The van der Waals surface area contributed by atoms with E-state index in [0.717, 1.165) is 11.3 Å². The standard InChI is InChI=1S/C21H27N3O2/c1-14(2)16-9-8-12-18(13-16)22-20(25)19(15(3)4)24-21(26)23-17-10-6-5-7-11-17/h5-15,19H,1-4H3,(H,22,25)(H2,23,24,26). The van der Waals surface area contributed by atoms with Gasteiger partial charge in [-0.2, -0.15) is 0 Å². The van der Waals surface area contributed by atoms with Crippen LogP contribution in [0, 0.1) is 5.92 Å². The van der Waals surface area contributed by atoms with Crippen LogP contribution in [0.1, 0.15) is 39.2 Å². The molecular weight excluding hydrogens is 326 g/mol. The third kappa shape index (κ3) is 5.62. The molecule has 0 radical (unpaired) electrons. The molecule has 1 unspecified atom stereocenters. The minimum atomic E-state index is -0.638. The van der Waals surface area contributed by atoms with Crippen molar-refractivity contribution in [2.75, 3.05) is 10.6 Å². The van der Waals surface area contributed by atoms with E-state index >= 15 is 0 Å². The Balaban J connectivity index is 2.03. The molecule has 3 amide bonds.